The Labute approximate surface area is 188 Å². The van der Waals surface area contributed by atoms with E-state index < -0.39 is 18.5 Å². The average Bonchev–Trinajstić information content (AvgIpc) is 3.36. The monoisotopic (exact) mass is 446 g/mol. The number of nitriles is 1. The van der Waals surface area contributed by atoms with Crippen LogP contribution < -0.4 is 10.1 Å². The molecule has 2 aromatic carbocycles. The summed E-state index contributed by atoms with van der Waals surface area (Å²) in [6.07, 6.45) is 1.43. The van der Waals surface area contributed by atoms with Gasteiger partial charge < -0.3 is 14.8 Å². The van der Waals surface area contributed by atoms with Gasteiger partial charge in [-0.2, -0.15) is 5.26 Å². The van der Waals surface area contributed by atoms with Gasteiger partial charge in [-0.05, 0) is 47.4 Å². The number of carbonyl (C=O) groups excluding carboxylic acids is 3. The summed E-state index contributed by atoms with van der Waals surface area (Å²) >= 11 is 1.26. The summed E-state index contributed by atoms with van der Waals surface area (Å²) in [5, 5.41) is 13.7. The minimum Gasteiger partial charge on any atom is -0.497 e. The number of carbonyl (C=O) groups is 3. The third-order valence-corrected chi connectivity index (χ3v) is 5.23. The molecule has 160 valence electrons. The van der Waals surface area contributed by atoms with E-state index in [-0.39, 0.29) is 22.6 Å². The van der Waals surface area contributed by atoms with E-state index in [2.05, 4.69) is 5.32 Å². The number of nitrogens with zero attached hydrogens (tertiary/aromatic N) is 1. The van der Waals surface area contributed by atoms with Crippen LogP contribution in [-0.2, 0) is 9.53 Å². The van der Waals surface area contributed by atoms with Crippen LogP contribution in [0.15, 0.2) is 71.6 Å². The maximum Gasteiger partial charge on any atom is 0.340 e. The highest BCUT2D eigenvalue weighted by Crippen LogP contribution is 2.19. The summed E-state index contributed by atoms with van der Waals surface area (Å²) in [5.74, 6) is -1.11. The zero-order valence-electron chi connectivity index (χ0n) is 17.0. The number of Topliss-reactive ketones (excluding diaryl/α,β-unsaturated/α-hetero) is 1. The fourth-order valence-electron chi connectivity index (χ4n) is 2.69. The van der Waals surface area contributed by atoms with Crippen molar-refractivity contribution >= 4 is 40.8 Å². The number of hydrogen-bond acceptors (Lipinski definition) is 7. The van der Waals surface area contributed by atoms with Gasteiger partial charge in [0.15, 0.2) is 6.61 Å². The lowest BCUT2D eigenvalue weighted by Crippen LogP contribution is -2.18. The predicted molar refractivity (Wildman–Crippen MR) is 121 cm³/mol. The van der Waals surface area contributed by atoms with Gasteiger partial charge in [0.05, 0.1) is 23.2 Å². The summed E-state index contributed by atoms with van der Waals surface area (Å²) in [6.45, 7) is -0.414. The minimum atomic E-state index is -0.761. The first kappa shape index (κ1) is 22.5. The van der Waals surface area contributed by atoms with Gasteiger partial charge in [0.25, 0.3) is 5.91 Å². The number of amides is 1. The molecule has 0 saturated heterocycles. The second-order valence-corrected chi connectivity index (χ2v) is 7.37. The standard InChI is InChI=1S/C24H18N2O5S/c1-30-18-10-8-16(9-11-18)13-17(14-25)23(28)26-20-6-3-2-5-19(20)24(29)31-15-21(27)22-7-4-12-32-22/h2-13H,15H2,1H3,(H,26,28)/b17-13+. The molecule has 0 atom stereocenters. The van der Waals surface area contributed by atoms with Gasteiger partial charge in [-0.3, -0.25) is 9.59 Å². The molecule has 7 nitrogen and oxygen atoms in total. The molecule has 1 amide bonds. The summed E-state index contributed by atoms with van der Waals surface area (Å²) in [4.78, 5) is 37.7. The number of rotatable bonds is 8. The van der Waals surface area contributed by atoms with E-state index in [4.69, 9.17) is 9.47 Å². The van der Waals surface area contributed by atoms with Crippen molar-refractivity contribution in [3.8, 4) is 11.8 Å². The Kier molecular flexibility index (Phi) is 7.51. The first-order valence-electron chi connectivity index (χ1n) is 9.42. The Morgan fingerprint density at radius 2 is 1.81 bits per heavy atom. The van der Waals surface area contributed by atoms with Crippen LogP contribution >= 0.6 is 11.3 Å². The number of esters is 1. The highest BCUT2D eigenvalue weighted by atomic mass is 32.1. The van der Waals surface area contributed by atoms with Crippen molar-refractivity contribution in [2.75, 3.05) is 19.0 Å². The molecule has 3 aromatic rings. The molecule has 0 unspecified atom stereocenters. The lowest BCUT2D eigenvalue weighted by molar-refractivity contribution is -0.112. The molecule has 0 spiro atoms. The minimum absolute atomic E-state index is 0.0709. The Bertz CT molecular complexity index is 1190. The molecular formula is C24H18N2O5S. The van der Waals surface area contributed by atoms with Gasteiger partial charge in [0.1, 0.15) is 17.4 Å². The molecule has 0 aliphatic heterocycles. The van der Waals surface area contributed by atoms with Crippen LogP contribution in [0.1, 0.15) is 25.6 Å². The van der Waals surface area contributed by atoms with Crippen molar-refractivity contribution in [2.24, 2.45) is 0 Å². The SMILES string of the molecule is COc1ccc(/C=C(\C#N)C(=O)Nc2ccccc2C(=O)OCC(=O)c2cccs2)cc1. The number of hydrogen-bond donors (Lipinski definition) is 1. The van der Waals surface area contributed by atoms with Crippen molar-refractivity contribution in [3.63, 3.8) is 0 Å². The summed E-state index contributed by atoms with van der Waals surface area (Å²) in [6, 6.07) is 18.3. The Hall–Kier alpha value is -4.22. The van der Waals surface area contributed by atoms with E-state index in [1.54, 1.807) is 61.0 Å². The van der Waals surface area contributed by atoms with E-state index in [0.717, 1.165) is 0 Å². The van der Waals surface area contributed by atoms with Crippen LogP contribution in [0.4, 0.5) is 5.69 Å². The number of benzene rings is 2. The average molecular weight is 446 g/mol. The Balaban J connectivity index is 1.72. The number of ketones is 1. The highest BCUT2D eigenvalue weighted by molar-refractivity contribution is 7.12. The maximum absolute atomic E-state index is 12.6. The second kappa shape index (κ2) is 10.7. The van der Waals surface area contributed by atoms with Crippen molar-refractivity contribution in [2.45, 2.75) is 0 Å². The smallest absolute Gasteiger partial charge is 0.340 e. The maximum atomic E-state index is 12.6. The zero-order valence-corrected chi connectivity index (χ0v) is 17.8. The van der Waals surface area contributed by atoms with Crippen molar-refractivity contribution < 1.29 is 23.9 Å². The van der Waals surface area contributed by atoms with Crippen LogP contribution in [0.25, 0.3) is 6.08 Å². The molecule has 32 heavy (non-hydrogen) atoms. The van der Waals surface area contributed by atoms with Crippen LogP contribution in [0, 0.1) is 11.3 Å². The molecule has 0 aliphatic carbocycles. The zero-order chi connectivity index (χ0) is 22.9. The van der Waals surface area contributed by atoms with E-state index >= 15 is 0 Å². The normalized spacial score (nSPS) is 10.7. The van der Waals surface area contributed by atoms with E-state index in [0.29, 0.717) is 16.2 Å². The third-order valence-electron chi connectivity index (χ3n) is 4.32. The van der Waals surface area contributed by atoms with Gasteiger partial charge in [-0.15, -0.1) is 11.3 Å². The van der Waals surface area contributed by atoms with Crippen molar-refractivity contribution in [1.82, 2.24) is 0 Å². The molecular weight excluding hydrogens is 428 g/mol. The van der Waals surface area contributed by atoms with Gasteiger partial charge in [0.2, 0.25) is 5.78 Å². The lowest BCUT2D eigenvalue weighted by atomic mass is 10.1. The number of thiophene rings is 1. The van der Waals surface area contributed by atoms with Gasteiger partial charge >= 0.3 is 5.97 Å². The first-order chi connectivity index (χ1) is 15.5. The summed E-state index contributed by atoms with van der Waals surface area (Å²) in [5.41, 5.74) is 0.729. The topological polar surface area (TPSA) is 105 Å². The number of ether oxygens (including phenoxy) is 2. The van der Waals surface area contributed by atoms with E-state index in [1.807, 2.05) is 6.07 Å². The van der Waals surface area contributed by atoms with Crippen LogP contribution in [0.2, 0.25) is 0 Å². The Morgan fingerprint density at radius 1 is 1.06 bits per heavy atom. The largest absolute Gasteiger partial charge is 0.497 e. The van der Waals surface area contributed by atoms with E-state index in [1.165, 1.54) is 29.5 Å². The quantitative estimate of drug-likeness (QED) is 0.239. The highest BCUT2D eigenvalue weighted by Gasteiger charge is 2.18. The number of methoxy groups -OCH3 is 1. The molecule has 1 heterocycles. The van der Waals surface area contributed by atoms with Crippen LogP contribution in [-0.4, -0.2) is 31.4 Å². The van der Waals surface area contributed by atoms with Gasteiger partial charge in [0, 0.05) is 0 Å². The molecule has 0 fully saturated rings. The van der Waals surface area contributed by atoms with Gasteiger partial charge in [-0.25, -0.2) is 4.79 Å². The molecule has 1 N–H and O–H groups in total. The lowest BCUT2D eigenvalue weighted by Gasteiger charge is -2.10. The third kappa shape index (κ3) is 5.68. The fourth-order valence-corrected chi connectivity index (χ4v) is 3.34. The van der Waals surface area contributed by atoms with Crippen LogP contribution in [0.3, 0.4) is 0 Å². The van der Waals surface area contributed by atoms with Crippen LogP contribution in [0.5, 0.6) is 5.75 Å². The van der Waals surface area contributed by atoms with Gasteiger partial charge in [-0.1, -0.05) is 30.3 Å². The number of para-hydroxylation sites is 1. The molecule has 0 bridgehead atoms. The molecule has 0 radical (unpaired) electrons. The van der Waals surface area contributed by atoms with Crippen molar-refractivity contribution in [1.29, 1.82) is 5.26 Å². The Morgan fingerprint density at radius 3 is 2.47 bits per heavy atom. The molecule has 8 heteroatoms. The van der Waals surface area contributed by atoms with Crippen molar-refractivity contribution in [3.05, 3.63) is 87.6 Å². The summed E-state index contributed by atoms with van der Waals surface area (Å²) in [7, 11) is 1.54. The molecule has 0 aliphatic rings. The second-order valence-electron chi connectivity index (χ2n) is 6.42. The first-order valence-corrected chi connectivity index (χ1v) is 10.3. The molecule has 3 rings (SSSR count). The predicted octanol–water partition coefficient (Wildman–Crippen LogP) is 4.34. The summed E-state index contributed by atoms with van der Waals surface area (Å²) < 4.78 is 10.2. The fraction of sp³-hybridized carbons (Fsp3) is 0.0833. The molecule has 1 aromatic heterocycles. The molecule has 0 saturated carbocycles. The van der Waals surface area contributed by atoms with E-state index in [9.17, 15) is 19.6 Å². The number of nitrogens with one attached hydrogen (secondary N) is 1. The number of anilines is 1.